The van der Waals surface area contributed by atoms with Gasteiger partial charge in [0.2, 0.25) is 5.95 Å². The van der Waals surface area contributed by atoms with Gasteiger partial charge in [0, 0.05) is 56.0 Å². The summed E-state index contributed by atoms with van der Waals surface area (Å²) in [7, 11) is -4.67. The summed E-state index contributed by atoms with van der Waals surface area (Å²) >= 11 is 5.91. The number of hydrogen-bond acceptors (Lipinski definition) is 11. The third kappa shape index (κ3) is 8.02. The second kappa shape index (κ2) is 12.6. The lowest BCUT2D eigenvalue weighted by Crippen LogP contribution is -2.37. The second-order valence-electron chi connectivity index (χ2n) is 9.14. The highest BCUT2D eigenvalue weighted by Crippen LogP contribution is 2.26. The van der Waals surface area contributed by atoms with Crippen LogP contribution >= 0.6 is 11.6 Å². The first-order valence-electron chi connectivity index (χ1n) is 12.5. The van der Waals surface area contributed by atoms with Crippen LogP contribution in [0.5, 0.6) is 0 Å². The molecule has 0 saturated carbocycles. The van der Waals surface area contributed by atoms with Crippen LogP contribution in [0.2, 0.25) is 5.02 Å². The van der Waals surface area contributed by atoms with Crippen LogP contribution in [-0.2, 0) is 10.4 Å². The molecule has 5 N–H and O–H groups in total. The summed E-state index contributed by atoms with van der Waals surface area (Å²) in [6, 6.07) is 8.96. The molecular formula is C24H30ClN7O6S. The van der Waals surface area contributed by atoms with Crippen LogP contribution in [0.3, 0.4) is 0 Å². The Morgan fingerprint density at radius 1 is 0.821 bits per heavy atom. The van der Waals surface area contributed by atoms with Gasteiger partial charge in [0.05, 0.1) is 0 Å². The average molecular weight is 580 g/mol. The van der Waals surface area contributed by atoms with Gasteiger partial charge in [-0.1, -0.05) is 11.6 Å². The predicted octanol–water partition coefficient (Wildman–Crippen LogP) is 2.54. The number of nitrogens with zero attached hydrogens (tertiary/aromatic N) is 4. The second-order valence-corrected chi connectivity index (χ2v) is 10.5. The van der Waals surface area contributed by atoms with Crippen molar-refractivity contribution in [1.29, 1.82) is 0 Å². The third-order valence-electron chi connectivity index (χ3n) is 6.28. The highest BCUT2D eigenvalue weighted by atomic mass is 35.5. The van der Waals surface area contributed by atoms with E-state index in [2.05, 4.69) is 25.8 Å². The fraction of sp³-hybridized carbons (Fsp3) is 0.417. The Bertz CT molecular complexity index is 1410. The maximum Gasteiger partial charge on any atom is 0.394 e. The van der Waals surface area contributed by atoms with Gasteiger partial charge in [0.1, 0.15) is 23.0 Å². The van der Waals surface area contributed by atoms with Crippen LogP contribution in [0.15, 0.2) is 39.9 Å². The largest absolute Gasteiger partial charge is 0.394 e. The van der Waals surface area contributed by atoms with Crippen molar-refractivity contribution in [3.8, 4) is 0 Å². The zero-order valence-electron chi connectivity index (χ0n) is 21.1. The molecule has 39 heavy (non-hydrogen) atoms. The molecule has 3 heterocycles. The lowest BCUT2D eigenvalue weighted by Gasteiger charge is -2.22. The summed E-state index contributed by atoms with van der Waals surface area (Å²) in [6.45, 7) is 5.00. The van der Waals surface area contributed by atoms with Crippen molar-refractivity contribution in [2.24, 2.45) is 0 Å². The number of aromatic nitrogens is 2. The monoisotopic (exact) mass is 579 g/mol. The Morgan fingerprint density at radius 3 is 1.97 bits per heavy atom. The topological polar surface area (TPSA) is 177 Å². The number of halogens is 1. The maximum absolute atomic E-state index is 12.1. The molecule has 2 aliphatic heterocycles. The molecule has 2 aliphatic rings. The van der Waals surface area contributed by atoms with Crippen LogP contribution in [0.25, 0.3) is 0 Å². The van der Waals surface area contributed by atoms with Gasteiger partial charge in [0.15, 0.2) is 0 Å². The first-order chi connectivity index (χ1) is 18.6. The van der Waals surface area contributed by atoms with Gasteiger partial charge in [0.25, 0.3) is 10.9 Å². The van der Waals surface area contributed by atoms with E-state index in [1.807, 2.05) is 6.07 Å². The van der Waals surface area contributed by atoms with Crippen LogP contribution in [0.4, 0.5) is 34.6 Å². The molecule has 5 rings (SSSR count). The van der Waals surface area contributed by atoms with E-state index in [4.69, 9.17) is 39.1 Å². The van der Waals surface area contributed by atoms with Gasteiger partial charge < -0.3 is 25.8 Å². The Hall–Kier alpha value is -3.46. The number of nitrogens with one attached hydrogen (secondary N) is 3. The predicted molar refractivity (Wildman–Crippen MR) is 152 cm³/mol. The summed E-state index contributed by atoms with van der Waals surface area (Å²) in [5.74, 6) is 2.50. The zero-order valence-corrected chi connectivity index (χ0v) is 22.6. The average Bonchev–Trinajstić information content (AvgIpc) is 3.62. The lowest BCUT2D eigenvalue weighted by molar-refractivity contribution is 0.381. The van der Waals surface area contributed by atoms with Gasteiger partial charge in [-0.05, 0) is 49.9 Å². The van der Waals surface area contributed by atoms with E-state index in [-0.39, 0.29) is 5.69 Å². The van der Waals surface area contributed by atoms with Crippen LogP contribution < -0.4 is 36.6 Å². The highest BCUT2D eigenvalue weighted by Gasteiger charge is 2.22. The fourth-order valence-electron chi connectivity index (χ4n) is 4.41. The van der Waals surface area contributed by atoms with Crippen molar-refractivity contribution in [1.82, 2.24) is 9.97 Å². The highest BCUT2D eigenvalue weighted by molar-refractivity contribution is 7.79. The Labute approximate surface area is 230 Å². The number of benzene rings is 1. The first kappa shape index (κ1) is 28.5. The van der Waals surface area contributed by atoms with Gasteiger partial charge in [-0.25, -0.2) is 0 Å². The molecule has 0 bridgehead atoms. The molecule has 0 amide bonds. The normalized spacial score (nSPS) is 15.3. The van der Waals surface area contributed by atoms with E-state index < -0.39 is 21.3 Å². The van der Waals surface area contributed by atoms with Crippen LogP contribution in [0, 0.1) is 0 Å². The first-order valence-corrected chi connectivity index (χ1v) is 14.3. The molecule has 0 unspecified atom stereocenters. The van der Waals surface area contributed by atoms with Crippen molar-refractivity contribution >= 4 is 56.6 Å². The molecule has 2 aromatic carbocycles. The quantitative estimate of drug-likeness (QED) is 0.142. The van der Waals surface area contributed by atoms with Gasteiger partial charge in [-0.3, -0.25) is 18.7 Å². The number of hydrogen-bond donors (Lipinski definition) is 5. The molecule has 0 aliphatic carbocycles. The fourth-order valence-corrected chi connectivity index (χ4v) is 4.54. The molecule has 13 nitrogen and oxygen atoms in total. The molecular weight excluding hydrogens is 550 g/mol. The summed E-state index contributed by atoms with van der Waals surface area (Å²) in [4.78, 5) is 38.2. The van der Waals surface area contributed by atoms with E-state index in [9.17, 15) is 9.59 Å². The SMILES string of the molecule is O=S(=O)(O)O.O=c1c(NCCNc2cc(N3CCCC3)nc(N3CCCC3)n2)c(Nc2ccc(Cl)cc2)c1=O. The molecule has 15 heteroatoms. The summed E-state index contributed by atoms with van der Waals surface area (Å²) in [5.41, 5.74) is 0.252. The minimum atomic E-state index is -4.67. The van der Waals surface area contributed by atoms with E-state index >= 15 is 0 Å². The van der Waals surface area contributed by atoms with Crippen molar-refractivity contribution in [3.63, 3.8) is 0 Å². The molecule has 210 valence electrons. The summed E-state index contributed by atoms with van der Waals surface area (Å²) < 4.78 is 31.6. The van der Waals surface area contributed by atoms with E-state index in [0.29, 0.717) is 29.5 Å². The van der Waals surface area contributed by atoms with Crippen LogP contribution in [0.1, 0.15) is 25.7 Å². The van der Waals surface area contributed by atoms with Gasteiger partial charge >= 0.3 is 10.4 Å². The molecule has 0 atom stereocenters. The van der Waals surface area contributed by atoms with E-state index in [1.54, 1.807) is 24.3 Å². The van der Waals surface area contributed by atoms with Crippen molar-refractivity contribution < 1.29 is 17.5 Å². The smallest absolute Gasteiger partial charge is 0.378 e. The van der Waals surface area contributed by atoms with E-state index in [1.165, 1.54) is 12.8 Å². The van der Waals surface area contributed by atoms with Gasteiger partial charge in [-0.2, -0.15) is 18.4 Å². The molecule has 3 aromatic rings. The minimum absolute atomic E-state index is 0.280. The molecule has 2 fully saturated rings. The molecule has 1 aromatic heterocycles. The van der Waals surface area contributed by atoms with Crippen molar-refractivity contribution in [2.45, 2.75) is 25.7 Å². The van der Waals surface area contributed by atoms with Crippen molar-refractivity contribution in [2.75, 3.05) is 65.0 Å². The molecule has 2 saturated heterocycles. The standard InChI is InChI=1S/C24H28ClN7O2.H2O4S/c25-16-5-7-17(8-6-16)28-21-20(22(33)23(21)34)27-10-9-26-18-15-19(31-11-1-2-12-31)30-24(29-18)32-13-3-4-14-32;1-5(2,3)4/h5-8,15,27-28H,1-4,9-14H2,(H,26,29,30);(H2,1,2,3,4). The lowest BCUT2D eigenvalue weighted by atomic mass is 10.1. The van der Waals surface area contributed by atoms with E-state index in [0.717, 1.165) is 56.6 Å². The molecule has 0 radical (unpaired) electrons. The Morgan fingerprint density at radius 2 is 1.36 bits per heavy atom. The third-order valence-corrected chi connectivity index (χ3v) is 6.53. The number of rotatable bonds is 9. The molecule has 0 spiro atoms. The summed E-state index contributed by atoms with van der Waals surface area (Å²) in [5, 5.41) is 10.0. The zero-order chi connectivity index (χ0) is 28.0. The Kier molecular flexibility index (Phi) is 9.22. The summed E-state index contributed by atoms with van der Waals surface area (Å²) in [6.07, 6.45) is 4.70. The number of anilines is 6. The minimum Gasteiger partial charge on any atom is -0.378 e. The van der Waals surface area contributed by atoms with Gasteiger partial charge in [-0.15, -0.1) is 0 Å². The van der Waals surface area contributed by atoms with Crippen LogP contribution in [-0.4, -0.2) is 66.8 Å². The Balaban J connectivity index is 0.000000648. The van der Waals surface area contributed by atoms with Crippen molar-refractivity contribution in [3.05, 3.63) is 55.8 Å². The maximum atomic E-state index is 12.1.